The Hall–Kier alpha value is -0.500. The number of aliphatic hydroxyl groups is 1. The SMILES string of the molecule is CCCC(CCC)NC(CO)C(N)=O.O=P(O)(O)O. The van der Waals surface area contributed by atoms with E-state index in [0.717, 1.165) is 25.7 Å². The van der Waals surface area contributed by atoms with Crippen LogP contribution in [0, 0.1) is 0 Å². The molecule has 1 unspecified atom stereocenters. The molecule has 0 saturated carbocycles. The largest absolute Gasteiger partial charge is 0.466 e. The lowest BCUT2D eigenvalue weighted by molar-refractivity contribution is -0.121. The van der Waals surface area contributed by atoms with Crippen LogP contribution in [0.2, 0.25) is 0 Å². The maximum atomic E-state index is 10.9. The number of phosphoric acid groups is 1. The highest BCUT2D eigenvalue weighted by Crippen LogP contribution is 2.25. The molecule has 0 aliphatic heterocycles. The zero-order chi connectivity index (χ0) is 15.5. The quantitative estimate of drug-likeness (QED) is 0.329. The van der Waals surface area contributed by atoms with Crippen LogP contribution in [0.3, 0.4) is 0 Å². The maximum absolute atomic E-state index is 10.9. The van der Waals surface area contributed by atoms with Crippen LogP contribution in [-0.2, 0) is 9.36 Å². The number of nitrogens with one attached hydrogen (secondary N) is 1. The van der Waals surface area contributed by atoms with Crippen molar-refractivity contribution in [2.45, 2.75) is 51.6 Å². The van der Waals surface area contributed by atoms with Crippen molar-refractivity contribution in [3.05, 3.63) is 0 Å². The Morgan fingerprint density at radius 3 is 1.79 bits per heavy atom. The topological polar surface area (TPSA) is 153 Å². The first-order valence-corrected chi connectivity index (χ1v) is 7.66. The number of hydrogen-bond acceptors (Lipinski definition) is 4. The third kappa shape index (κ3) is 17.5. The van der Waals surface area contributed by atoms with Crippen molar-refractivity contribution in [3.63, 3.8) is 0 Å². The van der Waals surface area contributed by atoms with Crippen molar-refractivity contribution in [1.29, 1.82) is 0 Å². The van der Waals surface area contributed by atoms with Crippen LogP contribution in [0.1, 0.15) is 39.5 Å². The minimum Gasteiger partial charge on any atom is -0.394 e. The predicted octanol–water partition coefficient (Wildman–Crippen LogP) is -0.538. The van der Waals surface area contributed by atoms with E-state index in [-0.39, 0.29) is 12.6 Å². The van der Waals surface area contributed by atoms with Crippen molar-refractivity contribution in [1.82, 2.24) is 5.32 Å². The summed E-state index contributed by atoms with van der Waals surface area (Å²) in [6, 6.07) is -0.312. The highest BCUT2D eigenvalue weighted by atomic mass is 31.2. The van der Waals surface area contributed by atoms with E-state index in [4.69, 9.17) is 30.1 Å². The molecule has 0 heterocycles. The van der Waals surface area contributed by atoms with Crippen LogP contribution >= 0.6 is 7.82 Å². The van der Waals surface area contributed by atoms with Gasteiger partial charge >= 0.3 is 7.82 Å². The normalized spacial score (nSPS) is 12.8. The Bertz CT molecular complexity index is 269. The second-order valence-corrected chi connectivity index (χ2v) is 5.12. The number of aliphatic hydroxyl groups excluding tert-OH is 1. The molecule has 0 aliphatic carbocycles. The summed E-state index contributed by atoms with van der Waals surface area (Å²) in [7, 11) is -4.64. The number of hydrogen-bond donors (Lipinski definition) is 6. The summed E-state index contributed by atoms with van der Waals surface area (Å²) in [6.07, 6.45) is 4.15. The molecule has 0 bridgehead atoms. The number of rotatable bonds is 8. The third-order valence-corrected chi connectivity index (χ3v) is 2.24. The summed E-state index contributed by atoms with van der Waals surface area (Å²) < 4.78 is 8.88. The molecule has 0 aromatic rings. The van der Waals surface area contributed by atoms with Crippen molar-refractivity contribution in [3.8, 4) is 0 Å². The minimum atomic E-state index is -4.64. The third-order valence-electron chi connectivity index (χ3n) is 2.24. The monoisotopic (exact) mass is 300 g/mol. The van der Waals surface area contributed by atoms with Gasteiger partial charge in [-0.2, -0.15) is 0 Å². The van der Waals surface area contributed by atoms with E-state index in [1.54, 1.807) is 0 Å². The second-order valence-electron chi connectivity index (χ2n) is 4.09. The van der Waals surface area contributed by atoms with Gasteiger partial charge in [0.2, 0.25) is 5.91 Å². The van der Waals surface area contributed by atoms with Crippen LogP contribution < -0.4 is 11.1 Å². The number of carbonyl (C=O) groups excluding carboxylic acids is 1. The number of primary amides is 1. The molecule has 7 N–H and O–H groups in total. The van der Waals surface area contributed by atoms with E-state index in [2.05, 4.69) is 19.2 Å². The first-order valence-electron chi connectivity index (χ1n) is 6.10. The first-order chi connectivity index (χ1) is 8.65. The van der Waals surface area contributed by atoms with Crippen molar-refractivity contribution in [2.24, 2.45) is 5.73 Å². The van der Waals surface area contributed by atoms with Crippen molar-refractivity contribution >= 4 is 13.7 Å². The van der Waals surface area contributed by atoms with Crippen LogP contribution in [-0.4, -0.2) is 44.4 Å². The minimum absolute atomic E-state index is 0.223. The van der Waals surface area contributed by atoms with E-state index in [0.29, 0.717) is 0 Å². The molecule has 0 rings (SSSR count). The van der Waals surface area contributed by atoms with Gasteiger partial charge in [0, 0.05) is 6.04 Å². The van der Waals surface area contributed by atoms with E-state index in [1.165, 1.54) is 0 Å². The van der Waals surface area contributed by atoms with Gasteiger partial charge in [-0.05, 0) is 12.8 Å². The average Bonchev–Trinajstić information content (AvgIpc) is 2.23. The summed E-state index contributed by atoms with van der Waals surface area (Å²) >= 11 is 0. The molecule has 1 amide bonds. The summed E-state index contributed by atoms with van der Waals surface area (Å²) in [5.41, 5.74) is 5.13. The lowest BCUT2D eigenvalue weighted by atomic mass is 10.1. The maximum Gasteiger partial charge on any atom is 0.466 e. The van der Waals surface area contributed by atoms with Gasteiger partial charge in [-0.1, -0.05) is 26.7 Å². The lowest BCUT2D eigenvalue weighted by Crippen LogP contribution is -2.48. The molecule has 0 aromatic heterocycles. The number of amides is 1. The fourth-order valence-electron chi connectivity index (χ4n) is 1.52. The summed E-state index contributed by atoms with van der Waals surface area (Å²) in [5.74, 6) is -0.482. The molecular formula is C10H25N2O6P. The first kappa shape index (κ1) is 20.8. The zero-order valence-electron chi connectivity index (χ0n) is 11.3. The lowest BCUT2D eigenvalue weighted by Gasteiger charge is -2.21. The molecule has 1 atom stereocenters. The van der Waals surface area contributed by atoms with Crippen LogP contribution in [0.25, 0.3) is 0 Å². The summed E-state index contributed by atoms with van der Waals surface area (Å²) in [5, 5.41) is 12.0. The van der Waals surface area contributed by atoms with E-state index >= 15 is 0 Å². The molecule has 0 fully saturated rings. The highest BCUT2D eigenvalue weighted by Gasteiger charge is 2.17. The molecule has 0 spiro atoms. The molecular weight excluding hydrogens is 275 g/mol. The molecule has 0 aliphatic rings. The highest BCUT2D eigenvalue weighted by molar-refractivity contribution is 7.45. The Kier molecular flexibility index (Phi) is 12.4. The molecule has 0 radical (unpaired) electrons. The Morgan fingerprint density at radius 1 is 1.21 bits per heavy atom. The van der Waals surface area contributed by atoms with E-state index in [9.17, 15) is 4.79 Å². The van der Waals surface area contributed by atoms with Gasteiger partial charge in [0.25, 0.3) is 0 Å². The van der Waals surface area contributed by atoms with Gasteiger partial charge < -0.3 is 30.8 Å². The van der Waals surface area contributed by atoms with Gasteiger partial charge in [-0.3, -0.25) is 4.79 Å². The standard InChI is InChI=1S/C10H22N2O2.H3O4P/c1-3-5-8(6-4-2)12-9(7-13)10(11)14;1-5(2,3)4/h8-9,12-13H,3-7H2,1-2H3,(H2,11,14);(H3,1,2,3,4). The Balaban J connectivity index is 0. The fraction of sp³-hybridized carbons (Fsp3) is 0.900. The van der Waals surface area contributed by atoms with Crippen molar-refractivity contribution in [2.75, 3.05) is 6.61 Å². The fourth-order valence-corrected chi connectivity index (χ4v) is 1.52. The van der Waals surface area contributed by atoms with E-state index in [1.807, 2.05) is 0 Å². The molecule has 9 heteroatoms. The Morgan fingerprint density at radius 2 is 1.58 bits per heavy atom. The molecule has 116 valence electrons. The van der Waals surface area contributed by atoms with Crippen LogP contribution in [0.4, 0.5) is 0 Å². The average molecular weight is 300 g/mol. The summed E-state index contributed by atoms with van der Waals surface area (Å²) in [4.78, 5) is 32.4. The van der Waals surface area contributed by atoms with Crippen LogP contribution in [0.5, 0.6) is 0 Å². The molecule has 19 heavy (non-hydrogen) atoms. The van der Waals surface area contributed by atoms with Gasteiger partial charge in [-0.15, -0.1) is 0 Å². The van der Waals surface area contributed by atoms with Crippen molar-refractivity contribution < 1.29 is 29.1 Å². The predicted molar refractivity (Wildman–Crippen MR) is 71.1 cm³/mol. The Labute approximate surface area is 113 Å². The molecule has 0 aromatic carbocycles. The zero-order valence-corrected chi connectivity index (χ0v) is 12.2. The van der Waals surface area contributed by atoms with Crippen LogP contribution in [0.15, 0.2) is 0 Å². The summed E-state index contributed by atoms with van der Waals surface area (Å²) in [6.45, 7) is 3.98. The van der Waals surface area contributed by atoms with Gasteiger partial charge in [-0.25, -0.2) is 4.57 Å². The smallest absolute Gasteiger partial charge is 0.394 e. The van der Waals surface area contributed by atoms with Gasteiger partial charge in [0.1, 0.15) is 6.04 Å². The molecule has 8 nitrogen and oxygen atoms in total. The number of nitrogens with two attached hydrogens (primary N) is 1. The second kappa shape index (κ2) is 11.3. The number of carbonyl (C=O) groups is 1. The van der Waals surface area contributed by atoms with Gasteiger partial charge in [0.15, 0.2) is 0 Å². The molecule has 0 saturated heterocycles. The van der Waals surface area contributed by atoms with Gasteiger partial charge in [0.05, 0.1) is 6.61 Å². The van der Waals surface area contributed by atoms with E-state index < -0.39 is 19.8 Å².